The number of hydrogen-bond donors (Lipinski definition) is 2. The van der Waals surface area contributed by atoms with Crippen LogP contribution in [0.2, 0.25) is 0 Å². The lowest BCUT2D eigenvalue weighted by atomic mass is 10.00. The maximum atomic E-state index is 13.7. The number of ether oxygens (including phenoxy) is 2. The van der Waals surface area contributed by atoms with Crippen LogP contribution in [-0.2, 0) is 6.42 Å². The first-order valence-corrected chi connectivity index (χ1v) is 8.16. The number of fused-ring (bicyclic) bond motifs is 2. The van der Waals surface area contributed by atoms with Crippen LogP contribution < -0.4 is 15.2 Å². The molecule has 0 spiro atoms. The number of rotatable bonds is 5. The molecule has 4 rings (SSSR count). The number of aromatic amines is 1. The van der Waals surface area contributed by atoms with Crippen molar-refractivity contribution in [3.8, 4) is 22.8 Å². The molecule has 0 amide bonds. The molecule has 3 N–H and O–H groups in total. The number of aryl methyl sites for hydroxylation is 1. The minimum Gasteiger partial charge on any atom is -0.454 e. The topological polar surface area (TPSA) is 60.3 Å². The predicted molar refractivity (Wildman–Crippen MR) is 91.8 cm³/mol. The van der Waals surface area contributed by atoms with Gasteiger partial charge in [-0.25, -0.2) is 4.39 Å². The van der Waals surface area contributed by atoms with Gasteiger partial charge in [-0.2, -0.15) is 0 Å². The number of aromatic nitrogens is 1. The number of unbranched alkanes of at least 4 members (excludes halogenated alkanes) is 1. The van der Waals surface area contributed by atoms with Gasteiger partial charge < -0.3 is 20.2 Å². The van der Waals surface area contributed by atoms with Crippen LogP contribution >= 0.6 is 0 Å². The second-order valence-electron chi connectivity index (χ2n) is 5.98. The molecule has 1 aliphatic rings. The predicted octanol–water partition coefficient (Wildman–Crippen LogP) is 3.98. The highest BCUT2D eigenvalue weighted by Crippen LogP contribution is 2.38. The zero-order valence-electron chi connectivity index (χ0n) is 13.3. The first-order valence-electron chi connectivity index (χ1n) is 8.16. The van der Waals surface area contributed by atoms with Crippen molar-refractivity contribution >= 4 is 10.9 Å². The standard InChI is InChI=1S/C19H19FN2O2/c20-13-5-6-16-15(10-13)14(3-1-2-8-21)19(22-16)12-4-7-17-18(9-12)24-11-23-17/h4-7,9-10,22H,1-3,8,11,21H2. The molecule has 1 aliphatic heterocycles. The number of benzene rings is 2. The van der Waals surface area contributed by atoms with E-state index in [4.69, 9.17) is 15.2 Å². The first kappa shape index (κ1) is 15.0. The van der Waals surface area contributed by atoms with Crippen LogP contribution in [0.3, 0.4) is 0 Å². The first-order chi connectivity index (χ1) is 11.8. The van der Waals surface area contributed by atoms with E-state index in [2.05, 4.69) is 4.98 Å². The lowest BCUT2D eigenvalue weighted by Crippen LogP contribution is -1.99. The number of nitrogens with two attached hydrogens (primary N) is 1. The smallest absolute Gasteiger partial charge is 0.231 e. The second kappa shape index (κ2) is 6.17. The van der Waals surface area contributed by atoms with Crippen molar-refractivity contribution in [3.05, 3.63) is 47.8 Å². The Morgan fingerprint density at radius 2 is 1.92 bits per heavy atom. The van der Waals surface area contributed by atoms with Crippen molar-refractivity contribution in [2.75, 3.05) is 13.3 Å². The third kappa shape index (κ3) is 2.61. The minimum atomic E-state index is -0.223. The van der Waals surface area contributed by atoms with Gasteiger partial charge in [-0.3, -0.25) is 0 Å². The second-order valence-corrected chi connectivity index (χ2v) is 5.98. The van der Waals surface area contributed by atoms with Gasteiger partial charge in [0.2, 0.25) is 6.79 Å². The molecule has 0 saturated heterocycles. The van der Waals surface area contributed by atoms with Gasteiger partial charge in [0, 0.05) is 22.2 Å². The Bertz CT molecular complexity index is 888. The van der Waals surface area contributed by atoms with Gasteiger partial charge in [0.1, 0.15) is 5.82 Å². The Kier molecular flexibility index (Phi) is 3.86. The number of halogens is 1. The van der Waals surface area contributed by atoms with Gasteiger partial charge in [0.15, 0.2) is 11.5 Å². The van der Waals surface area contributed by atoms with Gasteiger partial charge in [0.05, 0.1) is 0 Å². The highest BCUT2D eigenvalue weighted by atomic mass is 19.1. The molecule has 0 aliphatic carbocycles. The molecule has 4 nitrogen and oxygen atoms in total. The van der Waals surface area contributed by atoms with E-state index in [1.165, 1.54) is 6.07 Å². The molecule has 0 fully saturated rings. The van der Waals surface area contributed by atoms with Crippen molar-refractivity contribution in [2.45, 2.75) is 19.3 Å². The molecule has 5 heteroatoms. The largest absolute Gasteiger partial charge is 0.454 e. The highest BCUT2D eigenvalue weighted by Gasteiger charge is 2.18. The van der Waals surface area contributed by atoms with E-state index >= 15 is 0 Å². The summed E-state index contributed by atoms with van der Waals surface area (Å²) in [6, 6.07) is 10.7. The van der Waals surface area contributed by atoms with E-state index < -0.39 is 0 Å². The average Bonchev–Trinajstić information content (AvgIpc) is 3.19. The summed E-state index contributed by atoms with van der Waals surface area (Å²) >= 11 is 0. The lowest BCUT2D eigenvalue weighted by Gasteiger charge is -2.06. The van der Waals surface area contributed by atoms with Gasteiger partial charge >= 0.3 is 0 Å². The molecule has 2 aromatic carbocycles. The van der Waals surface area contributed by atoms with Crippen molar-refractivity contribution in [1.82, 2.24) is 4.98 Å². The van der Waals surface area contributed by atoms with Crippen molar-refractivity contribution in [1.29, 1.82) is 0 Å². The monoisotopic (exact) mass is 326 g/mol. The Hall–Kier alpha value is -2.53. The average molecular weight is 326 g/mol. The molecule has 0 radical (unpaired) electrons. The maximum Gasteiger partial charge on any atom is 0.231 e. The van der Waals surface area contributed by atoms with Crippen LogP contribution in [0.1, 0.15) is 18.4 Å². The maximum absolute atomic E-state index is 13.7. The van der Waals surface area contributed by atoms with Crippen molar-refractivity contribution < 1.29 is 13.9 Å². The summed E-state index contributed by atoms with van der Waals surface area (Å²) in [7, 11) is 0. The Labute approximate surface area is 139 Å². The van der Waals surface area contributed by atoms with Crippen molar-refractivity contribution in [3.63, 3.8) is 0 Å². The van der Waals surface area contributed by atoms with Gasteiger partial charge in [-0.15, -0.1) is 0 Å². The summed E-state index contributed by atoms with van der Waals surface area (Å²) in [6.07, 6.45) is 2.77. The third-order valence-electron chi connectivity index (χ3n) is 4.41. The van der Waals surface area contributed by atoms with Crippen LogP contribution in [0.25, 0.3) is 22.2 Å². The Balaban J connectivity index is 1.82. The van der Waals surface area contributed by atoms with Crippen LogP contribution in [-0.4, -0.2) is 18.3 Å². The van der Waals surface area contributed by atoms with E-state index in [1.54, 1.807) is 12.1 Å². The SMILES string of the molecule is NCCCCc1c(-c2ccc3c(c2)OCO3)[nH]c2ccc(F)cc12. The molecule has 1 aromatic heterocycles. The number of nitrogens with one attached hydrogen (secondary N) is 1. The summed E-state index contributed by atoms with van der Waals surface area (Å²) in [6.45, 7) is 0.913. The quantitative estimate of drug-likeness (QED) is 0.697. The normalized spacial score (nSPS) is 12.9. The fraction of sp³-hybridized carbons (Fsp3) is 0.263. The van der Waals surface area contributed by atoms with Crippen LogP contribution in [0.5, 0.6) is 11.5 Å². The van der Waals surface area contributed by atoms with Crippen LogP contribution in [0.15, 0.2) is 36.4 Å². The van der Waals surface area contributed by atoms with E-state index in [1.807, 2.05) is 18.2 Å². The molecule has 2 heterocycles. The summed E-state index contributed by atoms with van der Waals surface area (Å²) in [5.74, 6) is 1.27. The van der Waals surface area contributed by atoms with E-state index in [0.717, 1.165) is 58.5 Å². The summed E-state index contributed by atoms with van der Waals surface area (Å²) in [5.41, 5.74) is 9.69. The van der Waals surface area contributed by atoms with E-state index in [-0.39, 0.29) is 12.6 Å². The third-order valence-corrected chi connectivity index (χ3v) is 4.41. The molecule has 124 valence electrons. The summed E-state index contributed by atoms with van der Waals surface area (Å²) in [5, 5.41) is 0.930. The van der Waals surface area contributed by atoms with Gasteiger partial charge in [-0.05, 0) is 67.8 Å². The zero-order chi connectivity index (χ0) is 16.5. The van der Waals surface area contributed by atoms with Crippen LogP contribution in [0.4, 0.5) is 4.39 Å². The van der Waals surface area contributed by atoms with Crippen molar-refractivity contribution in [2.24, 2.45) is 5.73 Å². The van der Waals surface area contributed by atoms with Gasteiger partial charge in [0.25, 0.3) is 0 Å². The Morgan fingerprint density at radius 3 is 2.79 bits per heavy atom. The molecular weight excluding hydrogens is 307 g/mol. The van der Waals surface area contributed by atoms with Crippen LogP contribution in [0, 0.1) is 5.82 Å². The summed E-state index contributed by atoms with van der Waals surface area (Å²) in [4.78, 5) is 3.43. The van der Waals surface area contributed by atoms with Gasteiger partial charge in [-0.1, -0.05) is 0 Å². The van der Waals surface area contributed by atoms with E-state index in [0.29, 0.717) is 6.54 Å². The fourth-order valence-corrected chi connectivity index (χ4v) is 3.22. The minimum absolute atomic E-state index is 0.223. The van der Waals surface area contributed by atoms with E-state index in [9.17, 15) is 4.39 Å². The molecule has 24 heavy (non-hydrogen) atoms. The highest BCUT2D eigenvalue weighted by molar-refractivity contribution is 5.91. The molecular formula is C19H19FN2O2. The number of hydrogen-bond acceptors (Lipinski definition) is 3. The molecule has 0 atom stereocenters. The molecule has 0 saturated carbocycles. The molecule has 3 aromatic rings. The lowest BCUT2D eigenvalue weighted by molar-refractivity contribution is 0.174. The molecule has 0 unspecified atom stereocenters. The number of H-pyrrole nitrogens is 1. The molecule has 0 bridgehead atoms. The fourth-order valence-electron chi connectivity index (χ4n) is 3.22. The Morgan fingerprint density at radius 1 is 1.04 bits per heavy atom. The zero-order valence-corrected chi connectivity index (χ0v) is 13.3. The summed E-state index contributed by atoms with van der Waals surface area (Å²) < 4.78 is 24.6.